The van der Waals surface area contributed by atoms with Gasteiger partial charge in [-0.1, -0.05) is 0 Å². The third-order valence-electron chi connectivity index (χ3n) is 2.76. The molecule has 18 heavy (non-hydrogen) atoms. The highest BCUT2D eigenvalue weighted by atomic mass is 16.5. The van der Waals surface area contributed by atoms with Gasteiger partial charge in [-0.05, 0) is 18.6 Å². The third kappa shape index (κ3) is 2.92. The Balaban J connectivity index is 3.16. The van der Waals surface area contributed by atoms with E-state index in [4.69, 9.17) is 14.6 Å². The van der Waals surface area contributed by atoms with Gasteiger partial charge < -0.3 is 19.5 Å². The van der Waals surface area contributed by atoms with Crippen LogP contribution in [0, 0.1) is 6.92 Å². The minimum Gasteiger partial charge on any atom is -0.496 e. The summed E-state index contributed by atoms with van der Waals surface area (Å²) in [7, 11) is 4.77. The summed E-state index contributed by atoms with van der Waals surface area (Å²) in [6.07, 6.45) is 0.0792. The number of methoxy groups -OCH3 is 2. The molecule has 1 aromatic carbocycles. The topological polar surface area (TPSA) is 59.0 Å². The molecule has 0 aromatic heterocycles. The van der Waals surface area contributed by atoms with E-state index in [2.05, 4.69) is 0 Å². The molecule has 0 saturated carbocycles. The molecule has 5 heteroatoms. The van der Waals surface area contributed by atoms with Crippen molar-refractivity contribution in [3.8, 4) is 11.5 Å². The normalized spacial score (nSPS) is 10.1. The summed E-state index contributed by atoms with van der Waals surface area (Å²) in [6.45, 7) is 1.73. The highest BCUT2D eigenvalue weighted by Gasteiger charge is 2.17. The quantitative estimate of drug-likeness (QED) is 0.860. The number of aliphatic hydroxyl groups is 1. The Bertz CT molecular complexity index is 431. The van der Waals surface area contributed by atoms with Gasteiger partial charge in [0, 0.05) is 13.1 Å². The van der Waals surface area contributed by atoms with Gasteiger partial charge in [0.05, 0.1) is 32.9 Å². The number of nitrogens with zero attached hydrogens (tertiary/aromatic N) is 1. The van der Waals surface area contributed by atoms with Crippen molar-refractivity contribution in [2.24, 2.45) is 0 Å². The summed E-state index contributed by atoms with van der Waals surface area (Å²) in [6, 6.07) is 3.57. The molecule has 0 saturated heterocycles. The van der Waals surface area contributed by atoms with Crippen LogP contribution in [0.1, 0.15) is 12.0 Å². The second-order valence-electron chi connectivity index (χ2n) is 3.92. The molecule has 0 heterocycles. The Morgan fingerprint density at radius 2 is 1.89 bits per heavy atom. The number of hydrogen-bond acceptors (Lipinski definition) is 4. The maximum atomic E-state index is 11.8. The van der Waals surface area contributed by atoms with Crippen LogP contribution in [0.4, 0.5) is 5.69 Å². The number of carbonyl (C=O) groups is 1. The summed E-state index contributed by atoms with van der Waals surface area (Å²) >= 11 is 0. The lowest BCUT2D eigenvalue weighted by Crippen LogP contribution is -2.27. The molecule has 1 rings (SSSR count). The van der Waals surface area contributed by atoms with E-state index in [1.54, 1.807) is 27.3 Å². The van der Waals surface area contributed by atoms with Crippen LogP contribution in [-0.4, -0.2) is 38.9 Å². The van der Waals surface area contributed by atoms with Crippen LogP contribution >= 0.6 is 0 Å². The Labute approximate surface area is 107 Å². The molecule has 0 spiro atoms. The first-order valence-electron chi connectivity index (χ1n) is 5.65. The van der Waals surface area contributed by atoms with Crippen molar-refractivity contribution in [3.05, 3.63) is 17.7 Å². The molecular weight excluding hydrogens is 234 g/mol. The van der Waals surface area contributed by atoms with E-state index in [9.17, 15) is 4.79 Å². The lowest BCUT2D eigenvalue weighted by atomic mass is 10.1. The molecule has 0 unspecified atom stereocenters. The van der Waals surface area contributed by atoms with Crippen LogP contribution in [0.25, 0.3) is 0 Å². The van der Waals surface area contributed by atoms with Gasteiger partial charge >= 0.3 is 0 Å². The minimum absolute atomic E-state index is 0.0792. The molecule has 0 aliphatic rings. The molecular formula is C13H19NO4. The highest BCUT2D eigenvalue weighted by molar-refractivity contribution is 5.94. The Morgan fingerprint density at radius 1 is 1.28 bits per heavy atom. The van der Waals surface area contributed by atoms with Crippen molar-refractivity contribution < 1.29 is 19.4 Å². The van der Waals surface area contributed by atoms with E-state index in [1.165, 1.54) is 4.90 Å². The first kappa shape index (κ1) is 14.3. The molecule has 5 nitrogen and oxygen atoms in total. The Morgan fingerprint density at radius 3 is 2.39 bits per heavy atom. The molecule has 1 aromatic rings. The zero-order valence-electron chi connectivity index (χ0n) is 11.2. The molecule has 100 valence electrons. The molecule has 1 amide bonds. The second kappa shape index (κ2) is 6.26. The van der Waals surface area contributed by atoms with Crippen molar-refractivity contribution >= 4 is 11.6 Å². The van der Waals surface area contributed by atoms with Gasteiger partial charge in [-0.2, -0.15) is 0 Å². The number of carbonyl (C=O) groups excluding carboxylic acids is 1. The fourth-order valence-corrected chi connectivity index (χ4v) is 1.69. The fourth-order valence-electron chi connectivity index (χ4n) is 1.69. The van der Waals surface area contributed by atoms with E-state index in [1.807, 2.05) is 13.0 Å². The van der Waals surface area contributed by atoms with E-state index in [0.717, 1.165) is 5.56 Å². The Kier molecular flexibility index (Phi) is 4.97. The Hall–Kier alpha value is -1.75. The largest absolute Gasteiger partial charge is 0.496 e. The zero-order chi connectivity index (χ0) is 13.7. The zero-order valence-corrected chi connectivity index (χ0v) is 11.2. The average Bonchev–Trinajstić information content (AvgIpc) is 2.37. The number of rotatable bonds is 5. The van der Waals surface area contributed by atoms with Crippen molar-refractivity contribution in [1.29, 1.82) is 0 Å². The van der Waals surface area contributed by atoms with Crippen molar-refractivity contribution in [2.75, 3.05) is 32.8 Å². The van der Waals surface area contributed by atoms with Crippen LogP contribution < -0.4 is 14.4 Å². The van der Waals surface area contributed by atoms with Gasteiger partial charge in [-0.3, -0.25) is 4.79 Å². The molecule has 0 bridgehead atoms. The van der Waals surface area contributed by atoms with Crippen LogP contribution in [0.2, 0.25) is 0 Å². The van der Waals surface area contributed by atoms with Crippen molar-refractivity contribution in [2.45, 2.75) is 13.3 Å². The summed E-state index contributed by atoms with van der Waals surface area (Å²) in [5, 5.41) is 8.80. The van der Waals surface area contributed by atoms with Crippen LogP contribution in [0.15, 0.2) is 12.1 Å². The first-order valence-corrected chi connectivity index (χ1v) is 5.65. The number of aliphatic hydroxyl groups excluding tert-OH is 1. The third-order valence-corrected chi connectivity index (χ3v) is 2.76. The predicted octanol–water partition coefficient (Wildman–Crippen LogP) is 1.36. The molecule has 0 fully saturated rings. The van der Waals surface area contributed by atoms with Crippen molar-refractivity contribution in [3.63, 3.8) is 0 Å². The van der Waals surface area contributed by atoms with Crippen molar-refractivity contribution in [1.82, 2.24) is 0 Å². The smallest absolute Gasteiger partial charge is 0.229 e. The van der Waals surface area contributed by atoms with E-state index in [0.29, 0.717) is 17.2 Å². The van der Waals surface area contributed by atoms with Gasteiger partial charge in [0.1, 0.15) is 11.5 Å². The van der Waals surface area contributed by atoms with Gasteiger partial charge in [0.25, 0.3) is 0 Å². The standard InChI is InChI=1S/C13H19NO4/c1-9-7-12(18-4)10(8-11(9)17-3)14(2)13(16)5-6-15/h7-8,15H,5-6H2,1-4H3. The second-order valence-corrected chi connectivity index (χ2v) is 3.92. The van der Waals surface area contributed by atoms with Crippen LogP contribution in [0.5, 0.6) is 11.5 Å². The van der Waals surface area contributed by atoms with E-state index in [-0.39, 0.29) is 18.9 Å². The lowest BCUT2D eigenvalue weighted by Gasteiger charge is -2.21. The minimum atomic E-state index is -0.179. The molecule has 1 N–H and O–H groups in total. The fraction of sp³-hybridized carbons (Fsp3) is 0.462. The molecule has 0 radical (unpaired) electrons. The van der Waals surface area contributed by atoms with Gasteiger partial charge in [-0.15, -0.1) is 0 Å². The lowest BCUT2D eigenvalue weighted by molar-refractivity contribution is -0.118. The number of benzene rings is 1. The first-order chi connectivity index (χ1) is 8.54. The average molecular weight is 253 g/mol. The molecule has 0 atom stereocenters. The number of aryl methyl sites for hydroxylation is 1. The maximum Gasteiger partial charge on any atom is 0.229 e. The summed E-state index contributed by atoms with van der Waals surface area (Å²) < 4.78 is 10.5. The van der Waals surface area contributed by atoms with Crippen LogP contribution in [-0.2, 0) is 4.79 Å². The number of amides is 1. The highest BCUT2D eigenvalue weighted by Crippen LogP contribution is 2.34. The SMILES string of the molecule is COc1cc(N(C)C(=O)CCO)c(OC)cc1C. The summed E-state index contributed by atoms with van der Waals surface area (Å²) in [4.78, 5) is 13.2. The summed E-state index contributed by atoms with van der Waals surface area (Å²) in [5.74, 6) is 1.11. The van der Waals surface area contributed by atoms with Crippen LogP contribution in [0.3, 0.4) is 0 Å². The predicted molar refractivity (Wildman–Crippen MR) is 69.4 cm³/mol. The van der Waals surface area contributed by atoms with Gasteiger partial charge in [-0.25, -0.2) is 0 Å². The van der Waals surface area contributed by atoms with Gasteiger partial charge in [0.15, 0.2) is 0 Å². The number of ether oxygens (including phenoxy) is 2. The van der Waals surface area contributed by atoms with Gasteiger partial charge in [0.2, 0.25) is 5.91 Å². The number of hydrogen-bond donors (Lipinski definition) is 1. The van der Waals surface area contributed by atoms with E-state index >= 15 is 0 Å². The number of anilines is 1. The monoisotopic (exact) mass is 253 g/mol. The molecule has 0 aliphatic carbocycles. The van der Waals surface area contributed by atoms with E-state index < -0.39 is 0 Å². The summed E-state index contributed by atoms with van der Waals surface area (Å²) in [5.41, 5.74) is 1.56. The molecule has 0 aliphatic heterocycles. The maximum absolute atomic E-state index is 11.8.